The molecule has 0 spiro atoms. The van der Waals surface area contributed by atoms with Gasteiger partial charge in [0.05, 0.1) is 10.6 Å². The lowest BCUT2D eigenvalue weighted by Gasteiger charge is -2.24. The Morgan fingerprint density at radius 2 is 1.57 bits per heavy atom. The van der Waals surface area contributed by atoms with E-state index in [0.29, 0.717) is 5.69 Å². The molecule has 0 radical (unpaired) electrons. The summed E-state index contributed by atoms with van der Waals surface area (Å²) in [6.07, 6.45) is 0. The van der Waals surface area contributed by atoms with Crippen LogP contribution in [0.1, 0.15) is 31.9 Å². The summed E-state index contributed by atoms with van der Waals surface area (Å²) >= 11 is 0. The highest BCUT2D eigenvalue weighted by Gasteiger charge is 2.21. The highest BCUT2D eigenvalue weighted by Crippen LogP contribution is 2.31. The number of nitrogens with one attached hydrogen (secondary N) is 1. The van der Waals surface area contributed by atoms with E-state index in [0.717, 1.165) is 11.1 Å². The Morgan fingerprint density at radius 3 is 2.14 bits per heavy atom. The molecule has 21 heavy (non-hydrogen) atoms. The van der Waals surface area contributed by atoms with E-state index in [1.54, 1.807) is 30.3 Å². The zero-order chi connectivity index (χ0) is 15.7. The third kappa shape index (κ3) is 3.64. The fourth-order valence-electron chi connectivity index (χ4n) is 2.20. The Morgan fingerprint density at radius 1 is 0.952 bits per heavy atom. The van der Waals surface area contributed by atoms with Crippen LogP contribution in [0.4, 0.5) is 5.69 Å². The fourth-order valence-corrected chi connectivity index (χ4v) is 3.29. The summed E-state index contributed by atoms with van der Waals surface area (Å²) in [4.78, 5) is 0.270. The first-order valence-electron chi connectivity index (χ1n) is 6.89. The van der Waals surface area contributed by atoms with Gasteiger partial charge >= 0.3 is 0 Å². The fraction of sp³-hybridized carbons (Fsp3) is 0.294. The Hall–Kier alpha value is -1.81. The van der Waals surface area contributed by atoms with E-state index in [1.807, 2.05) is 25.1 Å². The van der Waals surface area contributed by atoms with Crippen molar-refractivity contribution in [2.24, 2.45) is 0 Å². The summed E-state index contributed by atoms with van der Waals surface area (Å²) in [6, 6.07) is 14.3. The molecule has 0 unspecified atom stereocenters. The van der Waals surface area contributed by atoms with Gasteiger partial charge in [-0.15, -0.1) is 0 Å². The minimum Gasteiger partial charge on any atom is -0.279 e. The maximum atomic E-state index is 12.5. The second-order valence-electron chi connectivity index (χ2n) is 6.22. The zero-order valence-electron chi connectivity index (χ0n) is 12.8. The lowest BCUT2D eigenvalue weighted by molar-refractivity contribution is 0.590. The normalized spacial score (nSPS) is 12.2. The maximum Gasteiger partial charge on any atom is 0.261 e. The van der Waals surface area contributed by atoms with Gasteiger partial charge in [-0.05, 0) is 41.7 Å². The smallest absolute Gasteiger partial charge is 0.261 e. The van der Waals surface area contributed by atoms with Crippen molar-refractivity contribution in [1.29, 1.82) is 0 Å². The summed E-state index contributed by atoms with van der Waals surface area (Å²) in [5, 5.41) is 0. The molecule has 2 aromatic carbocycles. The predicted molar refractivity (Wildman–Crippen MR) is 87.1 cm³/mol. The van der Waals surface area contributed by atoms with Crippen molar-refractivity contribution < 1.29 is 8.42 Å². The van der Waals surface area contributed by atoms with Crippen LogP contribution < -0.4 is 4.72 Å². The van der Waals surface area contributed by atoms with Crippen molar-refractivity contribution >= 4 is 15.7 Å². The van der Waals surface area contributed by atoms with Crippen molar-refractivity contribution in [2.45, 2.75) is 38.0 Å². The van der Waals surface area contributed by atoms with Crippen LogP contribution in [-0.4, -0.2) is 8.42 Å². The molecule has 2 aromatic rings. The van der Waals surface area contributed by atoms with Crippen LogP contribution in [0.5, 0.6) is 0 Å². The largest absolute Gasteiger partial charge is 0.279 e. The SMILES string of the molecule is Cc1ccc(C(C)(C)C)c(NS(=O)(=O)c2ccccc2)c1. The van der Waals surface area contributed by atoms with Gasteiger partial charge in [-0.2, -0.15) is 0 Å². The maximum absolute atomic E-state index is 12.5. The molecule has 0 fully saturated rings. The van der Waals surface area contributed by atoms with Crippen LogP contribution in [0.15, 0.2) is 53.4 Å². The lowest BCUT2D eigenvalue weighted by atomic mass is 9.85. The van der Waals surface area contributed by atoms with Gasteiger partial charge in [0.15, 0.2) is 0 Å². The highest BCUT2D eigenvalue weighted by molar-refractivity contribution is 7.92. The number of hydrogen-bond acceptors (Lipinski definition) is 2. The highest BCUT2D eigenvalue weighted by atomic mass is 32.2. The van der Waals surface area contributed by atoms with Crippen molar-refractivity contribution in [3.8, 4) is 0 Å². The number of aryl methyl sites for hydroxylation is 1. The van der Waals surface area contributed by atoms with E-state index >= 15 is 0 Å². The van der Waals surface area contributed by atoms with Crippen LogP contribution in [0.3, 0.4) is 0 Å². The molecule has 0 atom stereocenters. The molecule has 4 heteroatoms. The molecule has 0 aliphatic rings. The first-order valence-corrected chi connectivity index (χ1v) is 8.37. The van der Waals surface area contributed by atoms with Crippen LogP contribution in [0, 0.1) is 6.92 Å². The summed E-state index contributed by atoms with van der Waals surface area (Å²) in [6.45, 7) is 8.15. The Bertz CT molecular complexity index is 729. The second-order valence-corrected chi connectivity index (χ2v) is 7.90. The summed E-state index contributed by atoms with van der Waals surface area (Å²) in [7, 11) is -3.56. The average Bonchev–Trinajstić information content (AvgIpc) is 2.38. The topological polar surface area (TPSA) is 46.2 Å². The molecule has 0 bridgehead atoms. The standard InChI is InChI=1S/C17H21NO2S/c1-13-10-11-15(17(2,3)4)16(12-13)18-21(19,20)14-8-6-5-7-9-14/h5-12,18H,1-4H3. The van der Waals surface area contributed by atoms with Crippen molar-refractivity contribution in [1.82, 2.24) is 0 Å². The summed E-state index contributed by atoms with van der Waals surface area (Å²) in [5.41, 5.74) is 2.51. The summed E-state index contributed by atoms with van der Waals surface area (Å²) in [5.74, 6) is 0. The first kappa shape index (κ1) is 15.6. The molecular formula is C17H21NO2S. The molecule has 1 N–H and O–H groups in total. The molecule has 0 saturated heterocycles. The van der Waals surface area contributed by atoms with Gasteiger partial charge in [0.25, 0.3) is 10.0 Å². The van der Waals surface area contributed by atoms with E-state index < -0.39 is 10.0 Å². The van der Waals surface area contributed by atoms with Gasteiger partial charge in [0.1, 0.15) is 0 Å². The molecule has 0 aliphatic carbocycles. The third-order valence-electron chi connectivity index (χ3n) is 3.28. The number of hydrogen-bond donors (Lipinski definition) is 1. The van der Waals surface area contributed by atoms with E-state index in [2.05, 4.69) is 25.5 Å². The van der Waals surface area contributed by atoms with Crippen molar-refractivity contribution in [2.75, 3.05) is 4.72 Å². The first-order chi connectivity index (χ1) is 9.70. The molecule has 0 heterocycles. The Balaban J connectivity index is 2.47. The monoisotopic (exact) mass is 303 g/mol. The molecule has 3 nitrogen and oxygen atoms in total. The second kappa shape index (κ2) is 5.53. The summed E-state index contributed by atoms with van der Waals surface area (Å²) < 4.78 is 27.7. The van der Waals surface area contributed by atoms with E-state index in [4.69, 9.17) is 0 Å². The Labute approximate surface area is 127 Å². The predicted octanol–water partition coefficient (Wildman–Crippen LogP) is 4.09. The zero-order valence-corrected chi connectivity index (χ0v) is 13.7. The lowest BCUT2D eigenvalue weighted by Crippen LogP contribution is -2.19. The van der Waals surface area contributed by atoms with Gasteiger partial charge in [-0.25, -0.2) is 8.42 Å². The van der Waals surface area contributed by atoms with Gasteiger partial charge in [-0.3, -0.25) is 4.72 Å². The van der Waals surface area contributed by atoms with Gasteiger partial charge in [0, 0.05) is 0 Å². The molecular weight excluding hydrogens is 282 g/mol. The van der Waals surface area contributed by atoms with Crippen LogP contribution in [-0.2, 0) is 15.4 Å². The molecule has 0 saturated carbocycles. The van der Waals surface area contributed by atoms with E-state index in [1.165, 1.54) is 0 Å². The molecule has 2 rings (SSSR count). The van der Waals surface area contributed by atoms with E-state index in [9.17, 15) is 8.42 Å². The molecule has 0 aromatic heterocycles. The van der Waals surface area contributed by atoms with Crippen LogP contribution >= 0.6 is 0 Å². The Kier molecular flexibility index (Phi) is 4.10. The number of anilines is 1. The minimum atomic E-state index is -3.56. The van der Waals surface area contributed by atoms with Crippen molar-refractivity contribution in [3.05, 3.63) is 59.7 Å². The molecule has 0 aliphatic heterocycles. The van der Waals surface area contributed by atoms with Crippen LogP contribution in [0.2, 0.25) is 0 Å². The van der Waals surface area contributed by atoms with Gasteiger partial charge in [0.2, 0.25) is 0 Å². The van der Waals surface area contributed by atoms with Gasteiger partial charge < -0.3 is 0 Å². The molecule has 0 amide bonds. The number of rotatable bonds is 3. The van der Waals surface area contributed by atoms with Gasteiger partial charge in [-0.1, -0.05) is 51.1 Å². The number of sulfonamides is 1. The van der Waals surface area contributed by atoms with E-state index in [-0.39, 0.29) is 10.3 Å². The quantitative estimate of drug-likeness (QED) is 0.928. The number of benzene rings is 2. The average molecular weight is 303 g/mol. The third-order valence-corrected chi connectivity index (χ3v) is 4.66. The van der Waals surface area contributed by atoms with Crippen molar-refractivity contribution in [3.63, 3.8) is 0 Å². The minimum absolute atomic E-state index is 0.137. The molecule has 112 valence electrons. The van der Waals surface area contributed by atoms with Crippen LogP contribution in [0.25, 0.3) is 0 Å².